The number of ketones is 1. The SMILES string of the molecule is O=C1C[C@@H](c2ccc(O)cc2)Oc2c(C/C=C/c3ccccc3)c(O)cc(O)c21. The average Bonchev–Trinajstić information content (AvgIpc) is 2.71. The van der Waals surface area contributed by atoms with E-state index in [1.54, 1.807) is 12.1 Å². The van der Waals surface area contributed by atoms with Gasteiger partial charge in [0.1, 0.15) is 34.7 Å². The van der Waals surface area contributed by atoms with E-state index in [1.807, 2.05) is 42.5 Å². The highest BCUT2D eigenvalue weighted by Crippen LogP contribution is 2.45. The maximum atomic E-state index is 12.7. The zero-order valence-electron chi connectivity index (χ0n) is 15.6. The number of allylic oxidation sites excluding steroid dienone is 1. The molecule has 1 aliphatic heterocycles. The molecule has 1 aliphatic rings. The second-order valence-electron chi connectivity index (χ2n) is 6.94. The lowest BCUT2D eigenvalue weighted by Gasteiger charge is -2.28. The molecule has 0 saturated carbocycles. The van der Waals surface area contributed by atoms with Gasteiger partial charge in [-0.05, 0) is 29.7 Å². The van der Waals surface area contributed by atoms with Gasteiger partial charge < -0.3 is 20.1 Å². The Labute approximate surface area is 168 Å². The summed E-state index contributed by atoms with van der Waals surface area (Å²) in [6.07, 6.45) is 3.63. The predicted octanol–water partition coefficient (Wildman–Crippen LogP) is 4.77. The Morgan fingerprint density at radius 3 is 2.41 bits per heavy atom. The normalized spacial score (nSPS) is 15.9. The Hall–Kier alpha value is -3.73. The number of Topliss-reactive ketones (excluding diaryl/α,β-unsaturated/α-hetero) is 1. The molecule has 3 N–H and O–H groups in total. The summed E-state index contributed by atoms with van der Waals surface area (Å²) in [5.41, 5.74) is 2.29. The number of phenols is 3. The van der Waals surface area contributed by atoms with Gasteiger partial charge in [0.2, 0.25) is 0 Å². The van der Waals surface area contributed by atoms with Gasteiger partial charge in [0.05, 0.1) is 6.42 Å². The first-order chi connectivity index (χ1) is 14.0. The van der Waals surface area contributed by atoms with Crippen LogP contribution in [0.5, 0.6) is 23.0 Å². The van der Waals surface area contributed by atoms with E-state index in [-0.39, 0.29) is 40.8 Å². The molecule has 0 unspecified atom stereocenters. The van der Waals surface area contributed by atoms with E-state index in [2.05, 4.69) is 0 Å². The maximum absolute atomic E-state index is 12.7. The van der Waals surface area contributed by atoms with Crippen LogP contribution in [0, 0.1) is 0 Å². The smallest absolute Gasteiger partial charge is 0.174 e. The predicted molar refractivity (Wildman–Crippen MR) is 109 cm³/mol. The number of aromatic hydroxyl groups is 3. The zero-order chi connectivity index (χ0) is 20.4. The number of carbonyl (C=O) groups is 1. The zero-order valence-corrected chi connectivity index (χ0v) is 15.6. The molecule has 5 nitrogen and oxygen atoms in total. The number of hydrogen-bond donors (Lipinski definition) is 3. The summed E-state index contributed by atoms with van der Waals surface area (Å²) in [5, 5.41) is 30.1. The summed E-state index contributed by atoms with van der Waals surface area (Å²) in [5.74, 6) is -0.344. The van der Waals surface area contributed by atoms with Crippen LogP contribution >= 0.6 is 0 Å². The second-order valence-corrected chi connectivity index (χ2v) is 6.94. The van der Waals surface area contributed by atoms with Crippen LogP contribution in [-0.4, -0.2) is 21.1 Å². The fraction of sp³-hybridized carbons (Fsp3) is 0.125. The number of carbonyl (C=O) groups excluding carboxylic acids is 1. The van der Waals surface area contributed by atoms with Crippen molar-refractivity contribution in [3.8, 4) is 23.0 Å². The first kappa shape index (κ1) is 18.6. The first-order valence-corrected chi connectivity index (χ1v) is 9.31. The van der Waals surface area contributed by atoms with Gasteiger partial charge in [-0.1, -0.05) is 54.6 Å². The lowest BCUT2D eigenvalue weighted by atomic mass is 9.92. The largest absolute Gasteiger partial charge is 0.508 e. The van der Waals surface area contributed by atoms with E-state index in [9.17, 15) is 20.1 Å². The molecule has 3 aromatic carbocycles. The van der Waals surface area contributed by atoms with E-state index < -0.39 is 6.10 Å². The Bertz CT molecular complexity index is 1070. The molecule has 0 fully saturated rings. The highest BCUT2D eigenvalue weighted by atomic mass is 16.5. The van der Waals surface area contributed by atoms with Gasteiger partial charge in [-0.2, -0.15) is 0 Å². The monoisotopic (exact) mass is 388 g/mol. The van der Waals surface area contributed by atoms with Crippen LogP contribution in [0.1, 0.15) is 39.6 Å². The van der Waals surface area contributed by atoms with Crippen molar-refractivity contribution in [2.45, 2.75) is 18.9 Å². The molecule has 0 amide bonds. The molecule has 146 valence electrons. The number of rotatable bonds is 4. The molecule has 1 heterocycles. The standard InChI is InChI=1S/C24H20O5/c25-17-11-9-16(10-12-17)22-14-21(28)23-20(27)13-19(26)18(24(23)29-22)8-4-7-15-5-2-1-3-6-15/h1-7,9-13,22,25-27H,8,14H2/b7-4+/t22-/m0/s1. The molecule has 5 heteroatoms. The minimum atomic E-state index is -0.561. The minimum absolute atomic E-state index is 0.0649. The molecular formula is C24H20O5. The van der Waals surface area contributed by atoms with Crippen molar-refractivity contribution in [2.24, 2.45) is 0 Å². The fourth-order valence-electron chi connectivity index (χ4n) is 3.48. The lowest BCUT2D eigenvalue weighted by Crippen LogP contribution is -2.21. The van der Waals surface area contributed by atoms with Gasteiger partial charge in [-0.3, -0.25) is 4.79 Å². The highest BCUT2D eigenvalue weighted by Gasteiger charge is 2.33. The number of phenolic OH excluding ortho intramolecular Hbond substituents is 3. The summed E-state index contributed by atoms with van der Waals surface area (Å²) >= 11 is 0. The van der Waals surface area contributed by atoms with Crippen LogP contribution in [0.25, 0.3) is 6.08 Å². The van der Waals surface area contributed by atoms with Crippen molar-refractivity contribution in [1.29, 1.82) is 0 Å². The molecule has 0 radical (unpaired) electrons. The quantitative estimate of drug-likeness (QED) is 0.600. The van der Waals surface area contributed by atoms with Gasteiger partial charge in [0, 0.05) is 11.6 Å². The van der Waals surface area contributed by atoms with Crippen LogP contribution in [0.4, 0.5) is 0 Å². The van der Waals surface area contributed by atoms with Gasteiger partial charge in [0.15, 0.2) is 5.78 Å². The number of ether oxygens (including phenoxy) is 1. The third kappa shape index (κ3) is 3.80. The van der Waals surface area contributed by atoms with E-state index in [0.717, 1.165) is 11.1 Å². The summed E-state index contributed by atoms with van der Waals surface area (Å²) in [4.78, 5) is 12.7. The molecule has 29 heavy (non-hydrogen) atoms. The summed E-state index contributed by atoms with van der Waals surface area (Å²) < 4.78 is 6.07. The average molecular weight is 388 g/mol. The first-order valence-electron chi connectivity index (χ1n) is 9.31. The summed E-state index contributed by atoms with van der Waals surface area (Å²) in [7, 11) is 0. The van der Waals surface area contributed by atoms with Crippen LogP contribution < -0.4 is 4.74 Å². The second kappa shape index (κ2) is 7.72. The van der Waals surface area contributed by atoms with E-state index in [4.69, 9.17) is 4.74 Å². The van der Waals surface area contributed by atoms with Crippen molar-refractivity contribution in [3.05, 3.63) is 89.0 Å². The van der Waals surface area contributed by atoms with Gasteiger partial charge in [0.25, 0.3) is 0 Å². The maximum Gasteiger partial charge on any atom is 0.174 e. The van der Waals surface area contributed by atoms with E-state index in [1.165, 1.54) is 18.2 Å². The molecule has 4 rings (SSSR count). The van der Waals surface area contributed by atoms with E-state index >= 15 is 0 Å². The van der Waals surface area contributed by atoms with Crippen molar-refractivity contribution in [2.75, 3.05) is 0 Å². The topological polar surface area (TPSA) is 87.0 Å². The number of fused-ring (bicyclic) bond motifs is 1. The van der Waals surface area contributed by atoms with Crippen LogP contribution in [0.15, 0.2) is 66.7 Å². The molecule has 1 atom stereocenters. The molecule has 0 aliphatic carbocycles. The Morgan fingerprint density at radius 1 is 0.966 bits per heavy atom. The third-order valence-corrected chi connectivity index (χ3v) is 4.95. The molecular weight excluding hydrogens is 368 g/mol. The van der Waals surface area contributed by atoms with Crippen LogP contribution in [0.2, 0.25) is 0 Å². The van der Waals surface area contributed by atoms with Crippen molar-refractivity contribution in [3.63, 3.8) is 0 Å². The van der Waals surface area contributed by atoms with Crippen LogP contribution in [-0.2, 0) is 6.42 Å². The highest BCUT2D eigenvalue weighted by molar-refractivity contribution is 6.03. The van der Waals surface area contributed by atoms with Gasteiger partial charge in [-0.15, -0.1) is 0 Å². The number of benzene rings is 3. The lowest BCUT2D eigenvalue weighted by molar-refractivity contribution is 0.0842. The van der Waals surface area contributed by atoms with Gasteiger partial charge in [-0.25, -0.2) is 0 Å². The summed E-state index contributed by atoms with van der Waals surface area (Å²) in [6.45, 7) is 0. The molecule has 0 spiro atoms. The fourth-order valence-corrected chi connectivity index (χ4v) is 3.48. The van der Waals surface area contributed by atoms with Crippen molar-refractivity contribution in [1.82, 2.24) is 0 Å². The van der Waals surface area contributed by atoms with E-state index in [0.29, 0.717) is 12.0 Å². The Balaban J connectivity index is 1.69. The molecule has 0 aromatic heterocycles. The van der Waals surface area contributed by atoms with Crippen molar-refractivity contribution < 1.29 is 24.9 Å². The molecule has 3 aromatic rings. The minimum Gasteiger partial charge on any atom is -0.508 e. The summed E-state index contributed by atoms with van der Waals surface area (Å²) in [6, 6.07) is 17.4. The Morgan fingerprint density at radius 2 is 1.69 bits per heavy atom. The molecule has 0 saturated heterocycles. The third-order valence-electron chi connectivity index (χ3n) is 4.95. The Kier molecular flexibility index (Phi) is 4.96. The molecule has 0 bridgehead atoms. The van der Waals surface area contributed by atoms with Crippen LogP contribution in [0.3, 0.4) is 0 Å². The van der Waals surface area contributed by atoms with Crippen molar-refractivity contribution >= 4 is 11.9 Å². The van der Waals surface area contributed by atoms with Gasteiger partial charge >= 0.3 is 0 Å². The number of hydrogen-bond acceptors (Lipinski definition) is 5.